The number of carboxylic acid groups (broad SMARTS) is 1. The Labute approximate surface area is 169 Å². The van der Waals surface area contributed by atoms with Gasteiger partial charge in [-0.05, 0) is 54.6 Å². The second kappa shape index (κ2) is 8.36. The normalized spacial score (nSPS) is 16.2. The van der Waals surface area contributed by atoms with Gasteiger partial charge < -0.3 is 14.6 Å². The Balaban J connectivity index is 1.88. The lowest BCUT2D eigenvalue weighted by Crippen LogP contribution is -2.28. The summed E-state index contributed by atoms with van der Waals surface area (Å²) in [5.74, 6) is -1.95. The Morgan fingerprint density at radius 1 is 1.21 bits per heavy atom. The molecule has 0 radical (unpaired) electrons. The number of rotatable bonds is 6. The number of benzene rings is 2. The molecular weight excluding hydrogens is 401 g/mol. The number of methoxy groups -OCH3 is 1. The van der Waals surface area contributed by atoms with Crippen LogP contribution >= 0.6 is 11.8 Å². The second-order valence-corrected chi connectivity index (χ2v) is 6.97. The molecular formula is C20H16FNO6S. The molecule has 2 aromatic carbocycles. The van der Waals surface area contributed by atoms with Gasteiger partial charge in [0, 0.05) is 0 Å². The van der Waals surface area contributed by atoms with Gasteiger partial charge in [0.2, 0.25) is 0 Å². The highest BCUT2D eigenvalue weighted by atomic mass is 32.2. The lowest BCUT2D eigenvalue weighted by molar-refractivity contribution is -0.144. The van der Waals surface area contributed by atoms with Crippen molar-refractivity contribution in [2.75, 3.05) is 12.0 Å². The van der Waals surface area contributed by atoms with Gasteiger partial charge in [-0.1, -0.05) is 18.2 Å². The number of imide groups is 1. The van der Waals surface area contributed by atoms with Gasteiger partial charge >= 0.3 is 5.97 Å². The third-order valence-electron chi connectivity index (χ3n) is 4.02. The Bertz CT molecular complexity index is 1020. The minimum Gasteiger partial charge on any atom is -0.493 e. The van der Waals surface area contributed by atoms with Crippen molar-refractivity contribution < 1.29 is 33.4 Å². The molecule has 0 spiro atoms. The third-order valence-corrected chi connectivity index (χ3v) is 4.89. The van der Waals surface area contributed by atoms with E-state index in [1.54, 1.807) is 12.1 Å². The number of aliphatic carboxylic acids is 1. The summed E-state index contributed by atoms with van der Waals surface area (Å²) in [6.45, 7) is 1.38. The first kappa shape index (κ1) is 20.4. The van der Waals surface area contributed by atoms with E-state index in [-0.39, 0.29) is 22.1 Å². The fraction of sp³-hybridized carbons (Fsp3) is 0.150. The van der Waals surface area contributed by atoms with Crippen LogP contribution in [-0.2, 0) is 9.59 Å². The van der Waals surface area contributed by atoms with E-state index in [4.69, 9.17) is 14.6 Å². The summed E-state index contributed by atoms with van der Waals surface area (Å²) < 4.78 is 24.5. The SMILES string of the molecule is COc1cc(/C=C2/SC(=O)N(c3ccccc3F)C2=O)ccc1OC(C)C(=O)O. The van der Waals surface area contributed by atoms with Gasteiger partial charge in [0.1, 0.15) is 5.82 Å². The molecule has 1 aliphatic rings. The van der Waals surface area contributed by atoms with Crippen LogP contribution < -0.4 is 14.4 Å². The molecule has 3 rings (SSSR count). The van der Waals surface area contributed by atoms with E-state index in [1.165, 1.54) is 50.4 Å². The molecule has 0 aliphatic carbocycles. The quantitative estimate of drug-likeness (QED) is 0.712. The van der Waals surface area contributed by atoms with Crippen LogP contribution in [0.1, 0.15) is 12.5 Å². The molecule has 2 amide bonds. The van der Waals surface area contributed by atoms with Crippen molar-refractivity contribution in [2.24, 2.45) is 0 Å². The summed E-state index contributed by atoms with van der Waals surface area (Å²) in [6, 6.07) is 10.2. The number of para-hydroxylation sites is 1. The highest BCUT2D eigenvalue weighted by Gasteiger charge is 2.37. The van der Waals surface area contributed by atoms with Crippen LogP contribution in [0, 0.1) is 5.82 Å². The van der Waals surface area contributed by atoms with Gasteiger partial charge in [0.25, 0.3) is 11.1 Å². The number of amides is 2. The highest BCUT2D eigenvalue weighted by Crippen LogP contribution is 2.37. The van der Waals surface area contributed by atoms with Crippen LogP contribution in [0.15, 0.2) is 47.4 Å². The molecule has 1 atom stereocenters. The van der Waals surface area contributed by atoms with Gasteiger partial charge in [-0.25, -0.2) is 14.1 Å². The smallest absolute Gasteiger partial charge is 0.344 e. The Morgan fingerprint density at radius 2 is 1.93 bits per heavy atom. The van der Waals surface area contributed by atoms with Crippen LogP contribution in [0.2, 0.25) is 0 Å². The third kappa shape index (κ3) is 4.24. The van der Waals surface area contributed by atoms with E-state index in [0.29, 0.717) is 17.3 Å². The van der Waals surface area contributed by atoms with Gasteiger partial charge in [-0.3, -0.25) is 9.59 Å². The Morgan fingerprint density at radius 3 is 2.59 bits per heavy atom. The maximum absolute atomic E-state index is 14.0. The predicted molar refractivity (Wildman–Crippen MR) is 106 cm³/mol. The van der Waals surface area contributed by atoms with E-state index in [0.717, 1.165) is 4.90 Å². The molecule has 1 aliphatic heterocycles. The van der Waals surface area contributed by atoms with E-state index in [9.17, 15) is 18.8 Å². The highest BCUT2D eigenvalue weighted by molar-refractivity contribution is 8.19. The van der Waals surface area contributed by atoms with Crippen LogP contribution in [0.25, 0.3) is 6.08 Å². The summed E-state index contributed by atoms with van der Waals surface area (Å²) in [6.07, 6.45) is 0.394. The molecule has 1 fully saturated rings. The maximum atomic E-state index is 14.0. The average Bonchev–Trinajstić information content (AvgIpc) is 2.96. The molecule has 2 aromatic rings. The van der Waals surface area contributed by atoms with Crippen molar-refractivity contribution in [3.8, 4) is 11.5 Å². The van der Waals surface area contributed by atoms with Crippen LogP contribution in [0.3, 0.4) is 0 Å². The van der Waals surface area contributed by atoms with E-state index in [1.807, 2.05) is 0 Å². The summed E-state index contributed by atoms with van der Waals surface area (Å²) in [4.78, 5) is 36.8. The summed E-state index contributed by atoms with van der Waals surface area (Å²) >= 11 is 0.694. The summed E-state index contributed by atoms with van der Waals surface area (Å²) in [5, 5.41) is 8.36. The average molecular weight is 417 g/mol. The van der Waals surface area contributed by atoms with Gasteiger partial charge in [-0.2, -0.15) is 0 Å². The minimum absolute atomic E-state index is 0.109. The van der Waals surface area contributed by atoms with Crippen molar-refractivity contribution in [2.45, 2.75) is 13.0 Å². The van der Waals surface area contributed by atoms with Crippen molar-refractivity contribution in [3.63, 3.8) is 0 Å². The molecule has 0 saturated carbocycles. The molecule has 1 unspecified atom stereocenters. The molecule has 29 heavy (non-hydrogen) atoms. The summed E-state index contributed by atoms with van der Waals surface area (Å²) in [5.41, 5.74) is 0.415. The zero-order chi connectivity index (χ0) is 21.1. The largest absolute Gasteiger partial charge is 0.493 e. The Kier molecular flexibility index (Phi) is 5.88. The number of nitrogens with zero attached hydrogens (tertiary/aromatic N) is 1. The van der Waals surface area contributed by atoms with Crippen molar-refractivity contribution in [1.29, 1.82) is 0 Å². The number of hydrogen-bond donors (Lipinski definition) is 1. The molecule has 150 valence electrons. The van der Waals surface area contributed by atoms with E-state index < -0.39 is 29.0 Å². The molecule has 1 saturated heterocycles. The van der Waals surface area contributed by atoms with E-state index in [2.05, 4.69) is 0 Å². The molecule has 9 heteroatoms. The number of carbonyl (C=O) groups excluding carboxylic acids is 2. The Hall–Kier alpha value is -3.33. The minimum atomic E-state index is -1.13. The standard InChI is InChI=1S/C20H16FNO6S/c1-11(19(24)25)28-15-8-7-12(9-16(15)27-2)10-17-18(23)22(20(26)29-17)14-6-4-3-5-13(14)21/h3-11H,1-2H3,(H,24,25)/b17-10+. The number of carboxylic acids is 1. The molecule has 1 N–H and O–H groups in total. The lowest BCUT2D eigenvalue weighted by atomic mass is 10.1. The summed E-state index contributed by atoms with van der Waals surface area (Å²) in [7, 11) is 1.39. The topological polar surface area (TPSA) is 93.1 Å². The molecule has 1 heterocycles. The number of halogens is 1. The van der Waals surface area contributed by atoms with Crippen molar-refractivity contribution in [3.05, 3.63) is 58.8 Å². The van der Waals surface area contributed by atoms with Crippen molar-refractivity contribution >= 4 is 40.6 Å². The van der Waals surface area contributed by atoms with E-state index >= 15 is 0 Å². The van der Waals surface area contributed by atoms with Crippen molar-refractivity contribution in [1.82, 2.24) is 0 Å². The van der Waals surface area contributed by atoms with Crippen LogP contribution in [0.5, 0.6) is 11.5 Å². The fourth-order valence-electron chi connectivity index (χ4n) is 2.57. The first-order chi connectivity index (χ1) is 13.8. The van der Waals surface area contributed by atoms with Crippen LogP contribution in [-0.4, -0.2) is 35.4 Å². The number of hydrogen-bond acceptors (Lipinski definition) is 6. The van der Waals surface area contributed by atoms with Gasteiger partial charge in [0.05, 0.1) is 17.7 Å². The number of carbonyl (C=O) groups is 3. The first-order valence-corrected chi connectivity index (χ1v) is 9.23. The zero-order valence-electron chi connectivity index (χ0n) is 15.4. The van der Waals surface area contributed by atoms with Gasteiger partial charge in [-0.15, -0.1) is 0 Å². The first-order valence-electron chi connectivity index (χ1n) is 8.41. The number of thioether (sulfide) groups is 1. The zero-order valence-corrected chi connectivity index (χ0v) is 16.2. The molecule has 0 bridgehead atoms. The monoisotopic (exact) mass is 417 g/mol. The number of anilines is 1. The van der Waals surface area contributed by atoms with Crippen LogP contribution in [0.4, 0.5) is 14.9 Å². The molecule has 7 nitrogen and oxygen atoms in total. The lowest BCUT2D eigenvalue weighted by Gasteiger charge is -2.14. The second-order valence-electron chi connectivity index (χ2n) is 5.98. The number of ether oxygens (including phenoxy) is 2. The molecule has 0 aromatic heterocycles. The maximum Gasteiger partial charge on any atom is 0.344 e. The fourth-order valence-corrected chi connectivity index (χ4v) is 3.41. The predicted octanol–water partition coefficient (Wildman–Crippen LogP) is 3.93. The van der Waals surface area contributed by atoms with Gasteiger partial charge in [0.15, 0.2) is 17.6 Å².